The minimum Gasteiger partial charge on any atom is -0.399 e. The molecule has 0 saturated carbocycles. The van der Waals surface area contributed by atoms with Crippen LogP contribution >= 0.6 is 0 Å². The number of ether oxygens (including phenoxy) is 2. The lowest BCUT2D eigenvalue weighted by Crippen LogP contribution is -2.44. The standard InChI is InChI=1S/C13H20N4O2/c1-16-3-5-17(6-4-16)11-8-9(14)7-10(15-11)12-13(18-2)19-12/h7-8,12-13H,3-6H2,1-2H3,(H2,14,15). The molecule has 2 aliphatic heterocycles. The highest BCUT2D eigenvalue weighted by atomic mass is 16.8. The number of epoxide rings is 1. The van der Waals surface area contributed by atoms with E-state index in [4.69, 9.17) is 15.2 Å². The number of nitrogens with two attached hydrogens (primary N) is 1. The molecule has 6 heteroatoms. The summed E-state index contributed by atoms with van der Waals surface area (Å²) in [6, 6.07) is 3.79. The van der Waals surface area contributed by atoms with Crippen molar-refractivity contribution in [3.8, 4) is 0 Å². The first kappa shape index (κ1) is 12.7. The van der Waals surface area contributed by atoms with Crippen molar-refractivity contribution in [1.82, 2.24) is 9.88 Å². The quantitative estimate of drug-likeness (QED) is 0.800. The Morgan fingerprint density at radius 3 is 2.68 bits per heavy atom. The molecule has 1 aromatic heterocycles. The Morgan fingerprint density at radius 2 is 2.05 bits per heavy atom. The number of hydrogen-bond donors (Lipinski definition) is 1. The number of nitrogens with zero attached hydrogens (tertiary/aromatic N) is 3. The largest absolute Gasteiger partial charge is 0.399 e. The minimum atomic E-state index is -0.172. The van der Waals surface area contributed by atoms with E-state index < -0.39 is 0 Å². The average molecular weight is 264 g/mol. The fourth-order valence-corrected chi connectivity index (χ4v) is 2.39. The molecule has 19 heavy (non-hydrogen) atoms. The Hall–Kier alpha value is -1.37. The van der Waals surface area contributed by atoms with Crippen LogP contribution in [0.1, 0.15) is 11.8 Å². The highest BCUT2D eigenvalue weighted by Crippen LogP contribution is 2.39. The van der Waals surface area contributed by atoms with Crippen LogP contribution in [-0.2, 0) is 9.47 Å². The van der Waals surface area contributed by atoms with E-state index in [0.717, 1.165) is 43.4 Å². The third-order valence-corrected chi connectivity index (χ3v) is 3.66. The number of methoxy groups -OCH3 is 1. The maximum absolute atomic E-state index is 5.97. The Kier molecular flexibility index (Phi) is 3.30. The molecule has 2 atom stereocenters. The van der Waals surface area contributed by atoms with Gasteiger partial charge >= 0.3 is 0 Å². The Morgan fingerprint density at radius 1 is 1.32 bits per heavy atom. The highest BCUT2D eigenvalue weighted by Gasteiger charge is 2.42. The predicted molar refractivity (Wildman–Crippen MR) is 73.0 cm³/mol. The Labute approximate surface area is 113 Å². The van der Waals surface area contributed by atoms with Crippen molar-refractivity contribution in [1.29, 1.82) is 0 Å². The number of pyridine rings is 1. The van der Waals surface area contributed by atoms with E-state index in [9.17, 15) is 0 Å². The number of anilines is 2. The van der Waals surface area contributed by atoms with Gasteiger partial charge in [0.2, 0.25) is 0 Å². The van der Waals surface area contributed by atoms with Gasteiger partial charge < -0.3 is 25.0 Å². The molecule has 0 spiro atoms. The van der Waals surface area contributed by atoms with Gasteiger partial charge in [-0.15, -0.1) is 0 Å². The molecule has 2 fully saturated rings. The molecule has 1 aromatic rings. The van der Waals surface area contributed by atoms with Crippen molar-refractivity contribution in [3.05, 3.63) is 17.8 Å². The summed E-state index contributed by atoms with van der Waals surface area (Å²) >= 11 is 0. The second kappa shape index (κ2) is 4.96. The van der Waals surface area contributed by atoms with Crippen LogP contribution in [0.5, 0.6) is 0 Å². The topological polar surface area (TPSA) is 67.2 Å². The van der Waals surface area contributed by atoms with Crippen LogP contribution in [-0.4, -0.2) is 56.5 Å². The Bertz CT molecular complexity index is 460. The van der Waals surface area contributed by atoms with E-state index in [-0.39, 0.29) is 12.4 Å². The molecule has 2 N–H and O–H groups in total. The van der Waals surface area contributed by atoms with Crippen LogP contribution in [0.15, 0.2) is 12.1 Å². The number of hydrogen-bond acceptors (Lipinski definition) is 6. The summed E-state index contributed by atoms with van der Waals surface area (Å²) in [5, 5.41) is 0. The number of piperazine rings is 1. The SMILES string of the molecule is COC1OC1c1cc(N)cc(N2CCN(C)CC2)n1. The van der Waals surface area contributed by atoms with E-state index >= 15 is 0 Å². The average Bonchev–Trinajstić information content (AvgIpc) is 3.18. The highest BCUT2D eigenvalue weighted by molar-refractivity contribution is 5.53. The molecule has 0 bridgehead atoms. The van der Waals surface area contributed by atoms with Gasteiger partial charge in [-0.2, -0.15) is 0 Å². The molecule has 0 radical (unpaired) electrons. The molecule has 0 amide bonds. The maximum atomic E-state index is 5.97. The summed E-state index contributed by atoms with van der Waals surface area (Å²) in [5.41, 5.74) is 7.56. The van der Waals surface area contributed by atoms with Crippen molar-refractivity contribution in [2.75, 3.05) is 51.0 Å². The fourth-order valence-electron chi connectivity index (χ4n) is 2.39. The van der Waals surface area contributed by atoms with Crippen LogP contribution < -0.4 is 10.6 Å². The number of rotatable bonds is 3. The molecule has 2 saturated heterocycles. The maximum Gasteiger partial charge on any atom is 0.190 e. The summed E-state index contributed by atoms with van der Waals surface area (Å²) in [5.74, 6) is 0.938. The Balaban J connectivity index is 1.78. The molecule has 104 valence electrons. The molecular formula is C13H20N4O2. The van der Waals surface area contributed by atoms with E-state index in [1.165, 1.54) is 0 Å². The van der Waals surface area contributed by atoms with Gasteiger partial charge in [-0.25, -0.2) is 4.98 Å². The van der Waals surface area contributed by atoms with Gasteiger partial charge in [-0.05, 0) is 13.1 Å². The summed E-state index contributed by atoms with van der Waals surface area (Å²) in [7, 11) is 3.77. The van der Waals surface area contributed by atoms with E-state index in [0.29, 0.717) is 0 Å². The summed E-state index contributed by atoms with van der Waals surface area (Å²) in [6.45, 7) is 4.05. The van der Waals surface area contributed by atoms with E-state index in [2.05, 4.69) is 21.8 Å². The summed E-state index contributed by atoms with van der Waals surface area (Å²) in [4.78, 5) is 9.25. The zero-order chi connectivity index (χ0) is 13.4. The second-order valence-electron chi connectivity index (χ2n) is 5.13. The lowest BCUT2D eigenvalue weighted by Gasteiger charge is -2.33. The van der Waals surface area contributed by atoms with Gasteiger partial charge in [0.05, 0.1) is 5.69 Å². The molecule has 2 unspecified atom stereocenters. The van der Waals surface area contributed by atoms with Gasteiger partial charge in [0, 0.05) is 45.0 Å². The molecular weight excluding hydrogens is 244 g/mol. The van der Waals surface area contributed by atoms with Crippen LogP contribution in [0.4, 0.5) is 11.5 Å². The first-order valence-electron chi connectivity index (χ1n) is 6.56. The molecule has 0 aliphatic carbocycles. The van der Waals surface area contributed by atoms with Crippen molar-refractivity contribution >= 4 is 11.5 Å². The lowest BCUT2D eigenvalue weighted by atomic mass is 10.2. The van der Waals surface area contributed by atoms with Crippen molar-refractivity contribution in [2.45, 2.75) is 12.4 Å². The molecule has 3 rings (SSSR count). The summed E-state index contributed by atoms with van der Waals surface area (Å²) in [6.07, 6.45) is -0.241. The van der Waals surface area contributed by atoms with Crippen molar-refractivity contribution in [3.63, 3.8) is 0 Å². The van der Waals surface area contributed by atoms with Crippen LogP contribution in [0.3, 0.4) is 0 Å². The zero-order valence-corrected chi connectivity index (χ0v) is 11.4. The number of nitrogen functional groups attached to an aromatic ring is 1. The van der Waals surface area contributed by atoms with Gasteiger partial charge in [-0.3, -0.25) is 0 Å². The third-order valence-electron chi connectivity index (χ3n) is 3.66. The molecule has 6 nitrogen and oxygen atoms in total. The van der Waals surface area contributed by atoms with Crippen LogP contribution in [0.2, 0.25) is 0 Å². The van der Waals surface area contributed by atoms with E-state index in [1.54, 1.807) is 7.11 Å². The second-order valence-corrected chi connectivity index (χ2v) is 5.13. The van der Waals surface area contributed by atoms with Crippen molar-refractivity contribution in [2.24, 2.45) is 0 Å². The van der Waals surface area contributed by atoms with Crippen LogP contribution in [0.25, 0.3) is 0 Å². The zero-order valence-electron chi connectivity index (χ0n) is 11.4. The monoisotopic (exact) mass is 264 g/mol. The molecule has 2 aliphatic rings. The molecule has 0 aromatic carbocycles. The normalized spacial score (nSPS) is 27.6. The number of aromatic nitrogens is 1. The first-order valence-corrected chi connectivity index (χ1v) is 6.56. The van der Waals surface area contributed by atoms with Gasteiger partial charge in [-0.1, -0.05) is 0 Å². The van der Waals surface area contributed by atoms with Crippen molar-refractivity contribution < 1.29 is 9.47 Å². The minimum absolute atomic E-state index is 0.0697. The lowest BCUT2D eigenvalue weighted by molar-refractivity contribution is 0.0950. The van der Waals surface area contributed by atoms with E-state index in [1.807, 2.05) is 12.1 Å². The van der Waals surface area contributed by atoms with Gasteiger partial charge in [0.1, 0.15) is 5.82 Å². The molecule has 3 heterocycles. The van der Waals surface area contributed by atoms with Crippen LogP contribution in [0, 0.1) is 0 Å². The smallest absolute Gasteiger partial charge is 0.190 e. The summed E-state index contributed by atoms with van der Waals surface area (Å²) < 4.78 is 10.5. The fraction of sp³-hybridized carbons (Fsp3) is 0.615. The number of likely N-dealkylation sites (N-methyl/N-ethyl adjacent to an activating group) is 1. The first-order chi connectivity index (χ1) is 9.17. The predicted octanol–water partition coefficient (Wildman–Crippen LogP) is 0.459. The van der Waals surface area contributed by atoms with Gasteiger partial charge in [0.25, 0.3) is 0 Å². The van der Waals surface area contributed by atoms with Gasteiger partial charge in [0.15, 0.2) is 12.4 Å². The third kappa shape index (κ3) is 2.65.